The van der Waals surface area contributed by atoms with Crippen LogP contribution in [0.25, 0.3) is 0 Å². The first-order valence-corrected chi connectivity index (χ1v) is 6.77. The molecule has 1 amide bonds. The molecule has 1 fully saturated rings. The lowest BCUT2D eigenvalue weighted by Gasteiger charge is -2.14. The molecular weight excluding hydrogens is 242 g/mol. The number of carbonyl (C=O) groups is 2. The van der Waals surface area contributed by atoms with Gasteiger partial charge in [-0.25, -0.2) is 0 Å². The zero-order chi connectivity index (χ0) is 13.7. The molecule has 1 aromatic rings. The Morgan fingerprint density at radius 3 is 2.74 bits per heavy atom. The van der Waals surface area contributed by atoms with Crippen molar-refractivity contribution in [1.29, 1.82) is 0 Å². The smallest absolute Gasteiger partial charge is 0.220 e. The maximum Gasteiger partial charge on any atom is 0.220 e. The molecule has 1 heterocycles. The van der Waals surface area contributed by atoms with Crippen LogP contribution in [-0.2, 0) is 4.79 Å². The van der Waals surface area contributed by atoms with Crippen molar-refractivity contribution < 1.29 is 14.3 Å². The lowest BCUT2D eigenvalue weighted by Crippen LogP contribution is -2.39. The lowest BCUT2D eigenvalue weighted by atomic mass is 10.0. The van der Waals surface area contributed by atoms with E-state index in [-0.39, 0.29) is 17.7 Å². The van der Waals surface area contributed by atoms with Crippen molar-refractivity contribution in [3.8, 4) is 5.75 Å². The Hall–Kier alpha value is -1.84. The van der Waals surface area contributed by atoms with E-state index in [1.807, 2.05) is 6.92 Å². The van der Waals surface area contributed by atoms with Crippen LogP contribution in [-0.4, -0.2) is 24.3 Å². The van der Waals surface area contributed by atoms with Crippen molar-refractivity contribution >= 4 is 11.7 Å². The average Bonchev–Trinajstić information content (AvgIpc) is 2.64. The van der Waals surface area contributed by atoms with Crippen molar-refractivity contribution in [3.63, 3.8) is 0 Å². The Labute approximate surface area is 113 Å². The van der Waals surface area contributed by atoms with E-state index in [4.69, 9.17) is 4.74 Å². The van der Waals surface area contributed by atoms with E-state index in [0.717, 1.165) is 25.0 Å². The van der Waals surface area contributed by atoms with Gasteiger partial charge in [-0.3, -0.25) is 9.59 Å². The van der Waals surface area contributed by atoms with Crippen LogP contribution in [0.4, 0.5) is 0 Å². The van der Waals surface area contributed by atoms with Gasteiger partial charge in [0.05, 0.1) is 12.6 Å². The summed E-state index contributed by atoms with van der Waals surface area (Å²) in [7, 11) is 0. The zero-order valence-corrected chi connectivity index (χ0v) is 11.1. The van der Waals surface area contributed by atoms with Crippen LogP contribution in [0.3, 0.4) is 0 Å². The molecule has 1 aliphatic rings. The predicted molar refractivity (Wildman–Crippen MR) is 72.3 cm³/mol. The summed E-state index contributed by atoms with van der Waals surface area (Å²) in [6.45, 7) is 2.52. The van der Waals surface area contributed by atoms with Gasteiger partial charge in [-0.05, 0) is 44.0 Å². The fraction of sp³-hybridized carbons (Fsp3) is 0.467. The highest BCUT2D eigenvalue weighted by Crippen LogP contribution is 2.17. The number of Topliss-reactive ketones (excluding diaryl/α,β-unsaturated/α-hetero) is 1. The van der Waals surface area contributed by atoms with Crippen LogP contribution in [0.15, 0.2) is 24.3 Å². The molecule has 1 unspecified atom stereocenters. The van der Waals surface area contributed by atoms with E-state index in [0.29, 0.717) is 18.6 Å². The second-order valence-corrected chi connectivity index (χ2v) is 4.69. The molecule has 0 aliphatic carbocycles. The molecule has 0 bridgehead atoms. The number of ketones is 1. The number of hydrogen-bond donors (Lipinski definition) is 1. The van der Waals surface area contributed by atoms with Crippen LogP contribution in [0.2, 0.25) is 0 Å². The molecule has 19 heavy (non-hydrogen) atoms. The highest BCUT2D eigenvalue weighted by molar-refractivity contribution is 6.02. The summed E-state index contributed by atoms with van der Waals surface area (Å²) in [6.07, 6.45) is 3.01. The Morgan fingerprint density at radius 2 is 2.05 bits per heavy atom. The third kappa shape index (κ3) is 3.56. The Kier molecular flexibility index (Phi) is 4.55. The normalized spacial score (nSPS) is 19.4. The standard InChI is InChI=1S/C15H19NO3/c1-2-19-12-9-7-11(8-10-12)15(18)13-5-3-4-6-14(17)16-13/h7-10,13H,2-6H2,1H3,(H,16,17). The van der Waals surface area contributed by atoms with Crippen LogP contribution in [0.1, 0.15) is 43.0 Å². The van der Waals surface area contributed by atoms with Gasteiger partial charge in [0.25, 0.3) is 0 Å². The second-order valence-electron chi connectivity index (χ2n) is 4.69. The topological polar surface area (TPSA) is 55.4 Å². The molecule has 1 saturated heterocycles. The number of nitrogens with one attached hydrogen (secondary N) is 1. The molecule has 0 saturated carbocycles. The predicted octanol–water partition coefficient (Wildman–Crippen LogP) is 2.33. The highest BCUT2D eigenvalue weighted by atomic mass is 16.5. The summed E-state index contributed by atoms with van der Waals surface area (Å²) >= 11 is 0. The third-order valence-corrected chi connectivity index (χ3v) is 3.25. The van der Waals surface area contributed by atoms with Gasteiger partial charge in [-0.1, -0.05) is 6.42 Å². The summed E-state index contributed by atoms with van der Waals surface area (Å²) in [5, 5.41) is 2.80. The van der Waals surface area contributed by atoms with E-state index in [1.165, 1.54) is 0 Å². The molecule has 4 heteroatoms. The van der Waals surface area contributed by atoms with E-state index < -0.39 is 0 Å². The largest absolute Gasteiger partial charge is 0.494 e. The monoisotopic (exact) mass is 261 g/mol. The van der Waals surface area contributed by atoms with Gasteiger partial charge in [-0.2, -0.15) is 0 Å². The van der Waals surface area contributed by atoms with Gasteiger partial charge in [0.1, 0.15) is 5.75 Å². The third-order valence-electron chi connectivity index (χ3n) is 3.25. The minimum Gasteiger partial charge on any atom is -0.494 e. The molecule has 0 aromatic heterocycles. The number of carbonyl (C=O) groups excluding carboxylic acids is 2. The van der Waals surface area contributed by atoms with E-state index in [2.05, 4.69) is 5.32 Å². The van der Waals surface area contributed by atoms with Crippen molar-refractivity contribution in [3.05, 3.63) is 29.8 Å². The first-order valence-electron chi connectivity index (χ1n) is 6.77. The first kappa shape index (κ1) is 13.6. The fourth-order valence-electron chi connectivity index (χ4n) is 2.25. The summed E-state index contributed by atoms with van der Waals surface area (Å²) in [5.74, 6) is 0.712. The highest BCUT2D eigenvalue weighted by Gasteiger charge is 2.23. The molecule has 1 aliphatic heterocycles. The number of hydrogen-bond acceptors (Lipinski definition) is 3. The van der Waals surface area contributed by atoms with Crippen molar-refractivity contribution in [2.24, 2.45) is 0 Å². The number of rotatable bonds is 4. The molecular formula is C15H19NO3. The Bertz CT molecular complexity index is 453. The molecule has 1 aromatic carbocycles. The van der Waals surface area contributed by atoms with Crippen LogP contribution in [0.5, 0.6) is 5.75 Å². The van der Waals surface area contributed by atoms with E-state index in [9.17, 15) is 9.59 Å². The first-order chi connectivity index (χ1) is 9.20. The summed E-state index contributed by atoms with van der Waals surface area (Å²) in [5.41, 5.74) is 0.621. The van der Waals surface area contributed by atoms with E-state index in [1.54, 1.807) is 24.3 Å². The fourth-order valence-corrected chi connectivity index (χ4v) is 2.25. The minimum atomic E-state index is -0.382. The van der Waals surface area contributed by atoms with Crippen molar-refractivity contribution in [2.75, 3.05) is 6.61 Å². The Morgan fingerprint density at radius 1 is 1.32 bits per heavy atom. The maximum atomic E-state index is 12.3. The molecule has 0 radical (unpaired) electrons. The van der Waals surface area contributed by atoms with Crippen LogP contribution < -0.4 is 10.1 Å². The van der Waals surface area contributed by atoms with Gasteiger partial charge >= 0.3 is 0 Å². The number of benzene rings is 1. The minimum absolute atomic E-state index is 0.0155. The molecule has 0 spiro atoms. The van der Waals surface area contributed by atoms with Gasteiger partial charge in [0.2, 0.25) is 5.91 Å². The van der Waals surface area contributed by atoms with Gasteiger partial charge in [0.15, 0.2) is 5.78 Å². The number of amides is 1. The van der Waals surface area contributed by atoms with Crippen molar-refractivity contribution in [2.45, 2.75) is 38.6 Å². The quantitative estimate of drug-likeness (QED) is 0.846. The van der Waals surface area contributed by atoms with Crippen molar-refractivity contribution in [1.82, 2.24) is 5.32 Å². The molecule has 1 atom stereocenters. The molecule has 2 rings (SSSR count). The summed E-state index contributed by atoms with van der Waals surface area (Å²) < 4.78 is 5.34. The zero-order valence-electron chi connectivity index (χ0n) is 11.1. The van der Waals surface area contributed by atoms with Gasteiger partial charge in [-0.15, -0.1) is 0 Å². The second kappa shape index (κ2) is 6.36. The van der Waals surface area contributed by atoms with Crippen LogP contribution in [0, 0.1) is 0 Å². The average molecular weight is 261 g/mol. The SMILES string of the molecule is CCOc1ccc(C(=O)C2CCCCC(=O)N2)cc1. The summed E-state index contributed by atoms with van der Waals surface area (Å²) in [6, 6.07) is 6.70. The maximum absolute atomic E-state index is 12.3. The molecule has 1 N–H and O–H groups in total. The van der Waals surface area contributed by atoms with E-state index >= 15 is 0 Å². The number of ether oxygens (including phenoxy) is 1. The van der Waals surface area contributed by atoms with Crippen LogP contribution >= 0.6 is 0 Å². The lowest BCUT2D eigenvalue weighted by molar-refractivity contribution is -0.121. The molecule has 102 valence electrons. The summed E-state index contributed by atoms with van der Waals surface area (Å²) in [4.78, 5) is 23.8. The molecule has 4 nitrogen and oxygen atoms in total. The van der Waals surface area contributed by atoms with Gasteiger partial charge in [0, 0.05) is 12.0 Å². The Balaban J connectivity index is 2.07. The van der Waals surface area contributed by atoms with Gasteiger partial charge < -0.3 is 10.1 Å².